The van der Waals surface area contributed by atoms with Crippen molar-refractivity contribution >= 4 is 35.0 Å². The molecule has 0 fully saturated rings. The van der Waals surface area contributed by atoms with Gasteiger partial charge >= 0.3 is 0 Å². The van der Waals surface area contributed by atoms with E-state index >= 15 is 0 Å². The van der Waals surface area contributed by atoms with Gasteiger partial charge in [-0.25, -0.2) is 0 Å². The molecule has 0 aliphatic carbocycles. The normalized spacial score (nSPS) is 10.3. The van der Waals surface area contributed by atoms with Crippen molar-refractivity contribution in [3.05, 3.63) is 58.1 Å². The fourth-order valence-electron chi connectivity index (χ4n) is 2.50. The van der Waals surface area contributed by atoms with Crippen LogP contribution in [0.25, 0.3) is 0 Å². The Morgan fingerprint density at radius 3 is 2.63 bits per heavy atom. The van der Waals surface area contributed by atoms with Gasteiger partial charge in [-0.1, -0.05) is 12.1 Å². The van der Waals surface area contributed by atoms with E-state index < -0.39 is 10.8 Å². The molecule has 0 heterocycles. The van der Waals surface area contributed by atoms with Crippen LogP contribution in [0, 0.1) is 10.1 Å². The van der Waals surface area contributed by atoms with E-state index in [1.807, 2.05) is 0 Å². The number of nitrogens with zero attached hydrogens (tertiary/aromatic N) is 1. The first-order chi connectivity index (χ1) is 14.5. The Morgan fingerprint density at radius 1 is 1.17 bits per heavy atom. The molecule has 0 unspecified atom stereocenters. The molecule has 160 valence electrons. The second kappa shape index (κ2) is 11.8. The molecular formula is C20H23N3O6S. The second-order valence-electron chi connectivity index (χ2n) is 6.08. The molecule has 2 N–H and O–H groups in total. The molecule has 0 saturated heterocycles. The van der Waals surface area contributed by atoms with Gasteiger partial charge < -0.3 is 20.1 Å². The molecule has 0 bridgehead atoms. The van der Waals surface area contributed by atoms with Gasteiger partial charge in [0.1, 0.15) is 5.75 Å². The van der Waals surface area contributed by atoms with Crippen LogP contribution in [-0.2, 0) is 9.53 Å². The molecule has 10 heteroatoms. The first-order valence-electron chi connectivity index (χ1n) is 9.07. The Labute approximate surface area is 178 Å². The monoisotopic (exact) mass is 433 g/mol. The number of hydrogen-bond acceptors (Lipinski definition) is 7. The van der Waals surface area contributed by atoms with Gasteiger partial charge in [0.05, 0.1) is 28.4 Å². The van der Waals surface area contributed by atoms with Crippen LogP contribution in [0.2, 0.25) is 0 Å². The van der Waals surface area contributed by atoms with Gasteiger partial charge in [-0.05, 0) is 30.7 Å². The number of nitro groups is 1. The lowest BCUT2D eigenvalue weighted by Crippen LogP contribution is -2.26. The van der Waals surface area contributed by atoms with Crippen LogP contribution in [0.4, 0.5) is 11.4 Å². The maximum Gasteiger partial charge on any atom is 0.283 e. The minimum atomic E-state index is -0.571. The molecular weight excluding hydrogens is 410 g/mol. The number of nitrogens with one attached hydrogen (secondary N) is 2. The highest BCUT2D eigenvalue weighted by Crippen LogP contribution is 2.31. The number of amides is 2. The van der Waals surface area contributed by atoms with Crippen LogP contribution in [0.15, 0.2) is 47.4 Å². The van der Waals surface area contributed by atoms with Gasteiger partial charge in [-0.15, -0.1) is 11.8 Å². The van der Waals surface area contributed by atoms with Crippen LogP contribution >= 0.6 is 11.8 Å². The topological polar surface area (TPSA) is 120 Å². The number of hydrogen-bond donors (Lipinski definition) is 2. The van der Waals surface area contributed by atoms with Crippen LogP contribution in [0.1, 0.15) is 16.8 Å². The number of methoxy groups -OCH3 is 2. The number of carbonyl (C=O) groups excluding carboxylic acids is 2. The van der Waals surface area contributed by atoms with Gasteiger partial charge in [-0.2, -0.15) is 0 Å². The van der Waals surface area contributed by atoms with E-state index in [1.54, 1.807) is 31.4 Å². The Kier molecular flexibility index (Phi) is 9.10. The molecule has 0 spiro atoms. The Balaban J connectivity index is 2.06. The summed E-state index contributed by atoms with van der Waals surface area (Å²) in [5.74, 6) is -0.233. The summed E-state index contributed by atoms with van der Waals surface area (Å²) in [6.45, 7) is 1.01. The van der Waals surface area contributed by atoms with Gasteiger partial charge in [0.15, 0.2) is 0 Å². The maximum atomic E-state index is 12.5. The highest BCUT2D eigenvalue weighted by Gasteiger charge is 2.19. The fraction of sp³-hybridized carbons (Fsp3) is 0.300. The third kappa shape index (κ3) is 6.75. The Morgan fingerprint density at radius 2 is 1.93 bits per heavy atom. The second-order valence-corrected chi connectivity index (χ2v) is 7.10. The molecule has 2 rings (SSSR count). The SMILES string of the molecule is COCCCNC(=O)CSc1ccc(C(=O)Nc2ccccc2OC)cc1[N+](=O)[O-]. The summed E-state index contributed by atoms with van der Waals surface area (Å²) in [7, 11) is 3.06. The molecule has 9 nitrogen and oxygen atoms in total. The Hall–Kier alpha value is -3.11. The quantitative estimate of drug-likeness (QED) is 0.242. The average Bonchev–Trinajstić information content (AvgIpc) is 2.75. The third-order valence-corrected chi connectivity index (χ3v) is 5.04. The van der Waals surface area contributed by atoms with Crippen molar-refractivity contribution in [2.75, 3.05) is 38.4 Å². The highest BCUT2D eigenvalue weighted by molar-refractivity contribution is 8.00. The van der Waals surface area contributed by atoms with Crippen LogP contribution in [-0.4, -0.2) is 49.9 Å². The highest BCUT2D eigenvalue weighted by atomic mass is 32.2. The van der Waals surface area contributed by atoms with E-state index in [4.69, 9.17) is 9.47 Å². The van der Waals surface area contributed by atoms with Crippen LogP contribution in [0.3, 0.4) is 0 Å². The number of carbonyl (C=O) groups is 2. The molecule has 0 aliphatic heterocycles. The summed E-state index contributed by atoms with van der Waals surface area (Å²) in [6.07, 6.45) is 0.684. The van der Waals surface area contributed by atoms with Crippen molar-refractivity contribution in [3.8, 4) is 5.75 Å². The number of anilines is 1. The van der Waals surface area contributed by atoms with E-state index in [9.17, 15) is 19.7 Å². The zero-order valence-corrected chi connectivity index (χ0v) is 17.5. The van der Waals surface area contributed by atoms with Crippen LogP contribution < -0.4 is 15.4 Å². The zero-order chi connectivity index (χ0) is 21.9. The third-order valence-electron chi connectivity index (χ3n) is 3.98. The summed E-state index contributed by atoms with van der Waals surface area (Å²) >= 11 is 1.04. The summed E-state index contributed by atoms with van der Waals surface area (Å²) in [5, 5.41) is 16.9. The maximum absolute atomic E-state index is 12.5. The van der Waals surface area contributed by atoms with E-state index in [1.165, 1.54) is 25.3 Å². The number of rotatable bonds is 11. The number of benzene rings is 2. The molecule has 0 radical (unpaired) electrons. The number of ether oxygens (including phenoxy) is 2. The van der Waals surface area contributed by atoms with Crippen molar-refractivity contribution in [2.45, 2.75) is 11.3 Å². The predicted molar refractivity (Wildman–Crippen MR) is 114 cm³/mol. The van der Waals surface area contributed by atoms with E-state index in [0.717, 1.165) is 11.8 Å². The number of thioether (sulfide) groups is 1. The van der Waals surface area contributed by atoms with Crippen molar-refractivity contribution in [3.63, 3.8) is 0 Å². The summed E-state index contributed by atoms with van der Waals surface area (Å²) < 4.78 is 10.1. The Bertz CT molecular complexity index is 906. The van der Waals surface area contributed by atoms with Crippen molar-refractivity contribution < 1.29 is 24.0 Å². The molecule has 0 saturated carbocycles. The predicted octanol–water partition coefficient (Wildman–Crippen LogP) is 3.10. The van der Waals surface area contributed by atoms with E-state index in [0.29, 0.717) is 35.9 Å². The molecule has 0 aromatic heterocycles. The lowest BCUT2D eigenvalue weighted by atomic mass is 10.2. The van der Waals surface area contributed by atoms with Gasteiger partial charge in [0.25, 0.3) is 11.6 Å². The molecule has 2 amide bonds. The largest absolute Gasteiger partial charge is 0.495 e. The van der Waals surface area contributed by atoms with Crippen molar-refractivity contribution in [1.82, 2.24) is 5.32 Å². The molecule has 2 aromatic rings. The molecule has 0 aliphatic rings. The van der Waals surface area contributed by atoms with Crippen LogP contribution in [0.5, 0.6) is 5.75 Å². The zero-order valence-electron chi connectivity index (χ0n) is 16.7. The fourth-order valence-corrected chi connectivity index (χ4v) is 3.34. The van der Waals surface area contributed by atoms with Gasteiger partial charge in [0.2, 0.25) is 5.91 Å². The number of nitro benzene ring substituents is 1. The van der Waals surface area contributed by atoms with Crippen molar-refractivity contribution in [1.29, 1.82) is 0 Å². The molecule has 2 aromatic carbocycles. The average molecular weight is 433 g/mol. The summed E-state index contributed by atoms with van der Waals surface area (Å²) in [6, 6.07) is 11.0. The lowest BCUT2D eigenvalue weighted by molar-refractivity contribution is -0.387. The van der Waals surface area contributed by atoms with Crippen molar-refractivity contribution in [2.24, 2.45) is 0 Å². The summed E-state index contributed by atoms with van der Waals surface area (Å²) in [4.78, 5) is 35.6. The summed E-state index contributed by atoms with van der Waals surface area (Å²) in [5.41, 5.74) is 0.345. The van der Waals surface area contributed by atoms with Gasteiger partial charge in [-0.3, -0.25) is 19.7 Å². The standard InChI is InChI=1S/C20H23N3O6S/c1-28-11-5-10-21-19(24)13-30-18-9-8-14(12-16(18)23(26)27)20(25)22-15-6-3-4-7-17(15)29-2/h3-4,6-9,12H,5,10-11,13H2,1-2H3,(H,21,24)(H,22,25). The molecule has 0 atom stereocenters. The first kappa shape index (κ1) is 23.2. The van der Waals surface area contributed by atoms with E-state index in [-0.39, 0.29) is 22.9 Å². The lowest BCUT2D eigenvalue weighted by Gasteiger charge is -2.10. The van der Waals surface area contributed by atoms with E-state index in [2.05, 4.69) is 10.6 Å². The smallest absolute Gasteiger partial charge is 0.283 e. The first-order valence-corrected chi connectivity index (χ1v) is 10.1. The minimum absolute atomic E-state index is 0.0284. The molecule has 30 heavy (non-hydrogen) atoms. The minimum Gasteiger partial charge on any atom is -0.495 e. The number of para-hydroxylation sites is 2. The van der Waals surface area contributed by atoms with Gasteiger partial charge in [0, 0.05) is 31.9 Å².